The molecule has 0 spiro atoms. The molecule has 5 nitrogen and oxygen atoms in total. The predicted octanol–water partition coefficient (Wildman–Crippen LogP) is 0.444. The van der Waals surface area contributed by atoms with Crippen molar-refractivity contribution in [3.8, 4) is 0 Å². The molecule has 112 valence electrons. The van der Waals surface area contributed by atoms with Gasteiger partial charge in [-0.2, -0.15) is 0 Å². The van der Waals surface area contributed by atoms with Crippen LogP contribution >= 0.6 is 0 Å². The van der Waals surface area contributed by atoms with Gasteiger partial charge in [0.25, 0.3) is 0 Å². The van der Waals surface area contributed by atoms with Crippen molar-refractivity contribution in [3.05, 3.63) is 0 Å². The Morgan fingerprint density at radius 2 is 1.53 bits per heavy atom. The first-order valence-corrected chi connectivity index (χ1v) is 7.49. The molecule has 0 aromatic heterocycles. The molecule has 0 bridgehead atoms. The van der Waals surface area contributed by atoms with Gasteiger partial charge in [-0.1, -0.05) is 0 Å². The van der Waals surface area contributed by atoms with E-state index in [1.54, 1.807) is 0 Å². The number of nitrogens with zero attached hydrogens (tertiary/aromatic N) is 2. The van der Waals surface area contributed by atoms with Crippen LogP contribution in [-0.2, 0) is 14.2 Å². The summed E-state index contributed by atoms with van der Waals surface area (Å²) in [5.74, 6) is 0. The average Bonchev–Trinajstić information content (AvgIpc) is 2.38. The number of morpholine rings is 2. The van der Waals surface area contributed by atoms with Crippen LogP contribution in [-0.4, -0.2) is 87.7 Å². The monoisotopic (exact) mass is 272 g/mol. The summed E-state index contributed by atoms with van der Waals surface area (Å²) < 4.78 is 16.8. The summed E-state index contributed by atoms with van der Waals surface area (Å²) in [5, 5.41) is 0. The fourth-order valence-electron chi connectivity index (χ4n) is 2.78. The number of hydrogen-bond donors (Lipinski definition) is 0. The van der Waals surface area contributed by atoms with E-state index in [0.717, 1.165) is 65.7 Å². The quantitative estimate of drug-likeness (QED) is 0.656. The normalized spacial score (nSPS) is 30.6. The Balaban J connectivity index is 1.49. The Morgan fingerprint density at radius 3 is 2.16 bits per heavy atom. The fourth-order valence-corrected chi connectivity index (χ4v) is 2.78. The van der Waals surface area contributed by atoms with E-state index in [4.69, 9.17) is 14.2 Å². The van der Waals surface area contributed by atoms with Crippen LogP contribution in [0.2, 0.25) is 0 Å². The molecule has 2 unspecified atom stereocenters. The summed E-state index contributed by atoms with van der Waals surface area (Å²) in [6, 6.07) is 0. The Labute approximate surface area is 116 Å². The maximum Gasteiger partial charge on any atom is 0.0678 e. The Kier molecular flexibility index (Phi) is 6.53. The molecule has 0 saturated carbocycles. The van der Waals surface area contributed by atoms with E-state index in [2.05, 4.69) is 23.6 Å². The van der Waals surface area contributed by atoms with Crippen molar-refractivity contribution in [2.24, 2.45) is 0 Å². The number of hydrogen-bond acceptors (Lipinski definition) is 5. The zero-order valence-corrected chi connectivity index (χ0v) is 12.3. The highest BCUT2D eigenvalue weighted by atomic mass is 16.5. The average molecular weight is 272 g/mol. The third-order valence-electron chi connectivity index (χ3n) is 3.70. The van der Waals surface area contributed by atoms with Crippen molar-refractivity contribution >= 4 is 0 Å². The molecule has 2 atom stereocenters. The van der Waals surface area contributed by atoms with Crippen molar-refractivity contribution in [2.45, 2.75) is 26.1 Å². The molecule has 2 aliphatic rings. The van der Waals surface area contributed by atoms with E-state index in [-0.39, 0.29) is 0 Å². The van der Waals surface area contributed by atoms with Crippen LogP contribution in [0.5, 0.6) is 0 Å². The smallest absolute Gasteiger partial charge is 0.0678 e. The topological polar surface area (TPSA) is 34.2 Å². The van der Waals surface area contributed by atoms with Gasteiger partial charge in [0.05, 0.1) is 38.6 Å². The lowest BCUT2D eigenvalue weighted by Crippen LogP contribution is -2.46. The maximum absolute atomic E-state index is 5.74. The molecular formula is C14H28N2O3. The Hall–Kier alpha value is -0.200. The summed E-state index contributed by atoms with van der Waals surface area (Å²) in [4.78, 5) is 4.84. The minimum Gasteiger partial charge on any atom is -0.379 e. The highest BCUT2D eigenvalue weighted by molar-refractivity contribution is 4.72. The molecule has 0 N–H and O–H groups in total. The summed E-state index contributed by atoms with van der Waals surface area (Å²) >= 11 is 0. The highest BCUT2D eigenvalue weighted by Crippen LogP contribution is 2.09. The molecule has 0 radical (unpaired) electrons. The molecule has 2 rings (SSSR count). The largest absolute Gasteiger partial charge is 0.379 e. The lowest BCUT2D eigenvalue weighted by Gasteiger charge is -2.35. The first kappa shape index (κ1) is 15.2. The Bertz CT molecular complexity index is 237. The summed E-state index contributed by atoms with van der Waals surface area (Å²) in [7, 11) is 0. The zero-order chi connectivity index (χ0) is 13.5. The van der Waals surface area contributed by atoms with Gasteiger partial charge in [0.1, 0.15) is 0 Å². The van der Waals surface area contributed by atoms with Crippen LogP contribution in [0.4, 0.5) is 0 Å². The van der Waals surface area contributed by atoms with Crippen molar-refractivity contribution in [3.63, 3.8) is 0 Å². The van der Waals surface area contributed by atoms with Crippen LogP contribution in [0.15, 0.2) is 0 Å². The van der Waals surface area contributed by atoms with E-state index in [0.29, 0.717) is 12.2 Å². The Morgan fingerprint density at radius 1 is 0.947 bits per heavy atom. The second-order valence-corrected chi connectivity index (χ2v) is 5.58. The zero-order valence-electron chi connectivity index (χ0n) is 12.3. The van der Waals surface area contributed by atoms with E-state index in [1.165, 1.54) is 0 Å². The molecule has 0 amide bonds. The third kappa shape index (κ3) is 5.75. The summed E-state index contributed by atoms with van der Waals surface area (Å²) in [5.41, 5.74) is 0. The van der Waals surface area contributed by atoms with Gasteiger partial charge in [0.2, 0.25) is 0 Å². The van der Waals surface area contributed by atoms with E-state index in [1.807, 2.05) is 0 Å². The molecular weight excluding hydrogens is 244 g/mol. The van der Waals surface area contributed by atoms with Crippen LogP contribution in [0, 0.1) is 0 Å². The summed E-state index contributed by atoms with van der Waals surface area (Å²) in [6.07, 6.45) is 0.689. The lowest BCUT2D eigenvalue weighted by atomic mass is 10.2. The third-order valence-corrected chi connectivity index (χ3v) is 3.70. The molecule has 0 aromatic carbocycles. The van der Waals surface area contributed by atoms with Gasteiger partial charge in [-0.25, -0.2) is 0 Å². The van der Waals surface area contributed by atoms with E-state index >= 15 is 0 Å². The standard InChI is InChI=1S/C14H28N2O3/c1-13-11-16(12-14(2)19-13)6-10-18-9-5-15-3-7-17-8-4-15/h13-14H,3-12H2,1-2H3. The molecule has 5 heteroatoms. The SMILES string of the molecule is CC1CN(CCOCCN2CCOCC2)CC(C)O1. The lowest BCUT2D eigenvalue weighted by molar-refractivity contribution is -0.0735. The summed E-state index contributed by atoms with van der Waals surface area (Å²) in [6.45, 7) is 13.8. The minimum atomic E-state index is 0.345. The minimum absolute atomic E-state index is 0.345. The molecule has 19 heavy (non-hydrogen) atoms. The second kappa shape index (κ2) is 8.17. The van der Waals surface area contributed by atoms with Gasteiger partial charge in [-0.05, 0) is 13.8 Å². The fraction of sp³-hybridized carbons (Fsp3) is 1.00. The molecule has 2 fully saturated rings. The molecule has 2 saturated heterocycles. The van der Waals surface area contributed by atoms with Crippen LogP contribution < -0.4 is 0 Å². The van der Waals surface area contributed by atoms with Gasteiger partial charge in [0, 0.05) is 39.3 Å². The first-order chi connectivity index (χ1) is 9.24. The predicted molar refractivity (Wildman–Crippen MR) is 74.5 cm³/mol. The van der Waals surface area contributed by atoms with Crippen LogP contribution in [0.25, 0.3) is 0 Å². The van der Waals surface area contributed by atoms with Crippen molar-refractivity contribution in [1.29, 1.82) is 0 Å². The maximum atomic E-state index is 5.74. The van der Waals surface area contributed by atoms with Gasteiger partial charge in [0.15, 0.2) is 0 Å². The number of ether oxygens (including phenoxy) is 3. The van der Waals surface area contributed by atoms with Crippen molar-refractivity contribution in [1.82, 2.24) is 9.80 Å². The van der Waals surface area contributed by atoms with E-state index in [9.17, 15) is 0 Å². The van der Waals surface area contributed by atoms with E-state index < -0.39 is 0 Å². The highest BCUT2D eigenvalue weighted by Gasteiger charge is 2.21. The van der Waals surface area contributed by atoms with Gasteiger partial charge >= 0.3 is 0 Å². The number of rotatable bonds is 6. The van der Waals surface area contributed by atoms with Gasteiger partial charge < -0.3 is 14.2 Å². The second-order valence-electron chi connectivity index (χ2n) is 5.58. The molecule has 0 aliphatic carbocycles. The van der Waals surface area contributed by atoms with Crippen molar-refractivity contribution < 1.29 is 14.2 Å². The first-order valence-electron chi connectivity index (χ1n) is 7.49. The van der Waals surface area contributed by atoms with Gasteiger partial charge in [-0.15, -0.1) is 0 Å². The van der Waals surface area contributed by atoms with Crippen LogP contribution in [0.3, 0.4) is 0 Å². The molecule has 0 aromatic rings. The molecule has 2 aliphatic heterocycles. The van der Waals surface area contributed by atoms with Gasteiger partial charge in [-0.3, -0.25) is 9.80 Å². The van der Waals surface area contributed by atoms with Crippen molar-refractivity contribution in [2.75, 3.05) is 65.7 Å². The van der Waals surface area contributed by atoms with Crippen LogP contribution in [0.1, 0.15) is 13.8 Å². The molecule has 2 heterocycles.